The summed E-state index contributed by atoms with van der Waals surface area (Å²) in [6, 6.07) is 39.8. The van der Waals surface area contributed by atoms with Crippen LogP contribution in [0.15, 0.2) is 140 Å². The topological polar surface area (TPSA) is 47.9 Å². The van der Waals surface area contributed by atoms with Crippen LogP contribution < -0.4 is 4.74 Å². The lowest BCUT2D eigenvalue weighted by atomic mass is 9.91. The van der Waals surface area contributed by atoms with Crippen molar-refractivity contribution < 1.29 is 4.74 Å². The minimum absolute atomic E-state index is 0.0418. The smallest absolute Gasteiger partial charge is 0.164 e. The summed E-state index contributed by atoms with van der Waals surface area (Å²) in [5, 5.41) is 2.47. The first kappa shape index (κ1) is 23.5. The molecule has 2 heterocycles. The van der Waals surface area contributed by atoms with Crippen molar-refractivity contribution in [2.24, 2.45) is 0 Å². The third-order valence-corrected chi connectivity index (χ3v) is 7.87. The third-order valence-electron chi connectivity index (χ3n) is 7.87. The molecule has 8 rings (SSSR count). The van der Waals surface area contributed by atoms with Gasteiger partial charge in [0.25, 0.3) is 0 Å². The second-order valence-electron chi connectivity index (χ2n) is 10.4. The first-order chi connectivity index (χ1) is 20.3. The van der Waals surface area contributed by atoms with E-state index >= 15 is 0 Å². The van der Waals surface area contributed by atoms with Gasteiger partial charge >= 0.3 is 0 Å². The average molecular weight is 528 g/mol. The minimum Gasteiger partial charge on any atom is -0.485 e. The van der Waals surface area contributed by atoms with Crippen molar-refractivity contribution >= 4 is 10.8 Å². The molecule has 0 saturated carbocycles. The van der Waals surface area contributed by atoms with Crippen molar-refractivity contribution in [3.05, 3.63) is 145 Å². The van der Waals surface area contributed by atoms with Crippen LogP contribution in [0, 0.1) is 0 Å². The predicted molar refractivity (Wildman–Crippen MR) is 165 cm³/mol. The number of hydrogen-bond donors (Lipinski definition) is 0. The van der Waals surface area contributed by atoms with Gasteiger partial charge < -0.3 is 4.74 Å². The number of ether oxygens (including phenoxy) is 1. The molecule has 4 heteroatoms. The van der Waals surface area contributed by atoms with E-state index in [-0.39, 0.29) is 12.0 Å². The van der Waals surface area contributed by atoms with Gasteiger partial charge in [-0.1, -0.05) is 121 Å². The Balaban J connectivity index is 1.19. The molecule has 2 aliphatic rings. The molecule has 2 unspecified atom stereocenters. The molecule has 1 aliphatic heterocycles. The molecule has 6 aromatic rings. The summed E-state index contributed by atoms with van der Waals surface area (Å²) in [7, 11) is 0. The highest BCUT2D eigenvalue weighted by molar-refractivity contribution is 5.87. The molecule has 0 radical (unpaired) electrons. The molecule has 41 heavy (non-hydrogen) atoms. The Kier molecular flexibility index (Phi) is 5.56. The van der Waals surface area contributed by atoms with Gasteiger partial charge in [0.1, 0.15) is 11.9 Å². The van der Waals surface area contributed by atoms with E-state index in [2.05, 4.69) is 103 Å². The Morgan fingerprint density at radius 3 is 1.88 bits per heavy atom. The van der Waals surface area contributed by atoms with Crippen molar-refractivity contribution in [2.75, 3.05) is 0 Å². The van der Waals surface area contributed by atoms with E-state index in [9.17, 15) is 0 Å². The van der Waals surface area contributed by atoms with Crippen LogP contribution in [0.2, 0.25) is 0 Å². The highest BCUT2D eigenvalue weighted by Gasteiger charge is 2.32. The number of aromatic nitrogens is 3. The number of allylic oxidation sites excluding steroid dienone is 2. The largest absolute Gasteiger partial charge is 0.485 e. The van der Waals surface area contributed by atoms with Crippen LogP contribution in [-0.2, 0) is 0 Å². The van der Waals surface area contributed by atoms with Crippen molar-refractivity contribution in [3.63, 3.8) is 0 Å². The molecule has 2 atom stereocenters. The molecule has 4 nitrogen and oxygen atoms in total. The van der Waals surface area contributed by atoms with Gasteiger partial charge in [0.2, 0.25) is 0 Å². The van der Waals surface area contributed by atoms with E-state index in [4.69, 9.17) is 19.7 Å². The highest BCUT2D eigenvalue weighted by Crippen LogP contribution is 2.42. The molecule has 5 aromatic carbocycles. The molecule has 1 aliphatic carbocycles. The lowest BCUT2D eigenvalue weighted by molar-refractivity contribution is 0.269. The van der Waals surface area contributed by atoms with Crippen LogP contribution >= 0.6 is 0 Å². The van der Waals surface area contributed by atoms with Gasteiger partial charge in [-0.25, -0.2) is 15.0 Å². The van der Waals surface area contributed by atoms with E-state index in [0.29, 0.717) is 17.5 Å². The van der Waals surface area contributed by atoms with Crippen molar-refractivity contribution in [1.29, 1.82) is 0 Å². The Hall–Kier alpha value is -5.35. The van der Waals surface area contributed by atoms with Crippen molar-refractivity contribution in [1.82, 2.24) is 15.0 Å². The predicted octanol–water partition coefficient (Wildman–Crippen LogP) is 8.66. The molecule has 0 fully saturated rings. The number of fused-ring (bicyclic) bond motifs is 4. The highest BCUT2D eigenvalue weighted by atomic mass is 16.5. The Morgan fingerprint density at radius 2 is 1.07 bits per heavy atom. The zero-order valence-corrected chi connectivity index (χ0v) is 22.2. The van der Waals surface area contributed by atoms with E-state index in [1.54, 1.807) is 0 Å². The maximum absolute atomic E-state index is 6.28. The fourth-order valence-corrected chi connectivity index (χ4v) is 5.71. The van der Waals surface area contributed by atoms with Gasteiger partial charge in [0, 0.05) is 28.2 Å². The summed E-state index contributed by atoms with van der Waals surface area (Å²) >= 11 is 0. The van der Waals surface area contributed by atoms with Gasteiger partial charge in [0.05, 0.1) is 0 Å². The lowest BCUT2D eigenvalue weighted by Crippen LogP contribution is -2.15. The second-order valence-corrected chi connectivity index (χ2v) is 10.4. The van der Waals surface area contributed by atoms with E-state index in [1.807, 2.05) is 36.4 Å². The zero-order valence-electron chi connectivity index (χ0n) is 22.2. The normalized spacial score (nSPS) is 16.8. The van der Waals surface area contributed by atoms with Crippen LogP contribution in [0.4, 0.5) is 0 Å². The van der Waals surface area contributed by atoms with Crippen molar-refractivity contribution in [3.8, 4) is 51.0 Å². The van der Waals surface area contributed by atoms with Crippen LogP contribution in [0.5, 0.6) is 5.75 Å². The van der Waals surface area contributed by atoms with Gasteiger partial charge in [-0.3, -0.25) is 0 Å². The molecule has 0 bridgehead atoms. The average Bonchev–Trinajstić information content (AvgIpc) is 3.43. The van der Waals surface area contributed by atoms with Gasteiger partial charge in [-0.15, -0.1) is 0 Å². The molecule has 1 aromatic heterocycles. The molecule has 0 spiro atoms. The lowest BCUT2D eigenvalue weighted by Gasteiger charge is -2.13. The first-order valence-corrected chi connectivity index (χ1v) is 13.9. The number of hydrogen-bond acceptors (Lipinski definition) is 4. The van der Waals surface area contributed by atoms with Crippen LogP contribution in [-0.4, -0.2) is 21.1 Å². The van der Waals surface area contributed by atoms with E-state index in [0.717, 1.165) is 28.0 Å². The van der Waals surface area contributed by atoms with Crippen LogP contribution in [0.25, 0.3) is 56.1 Å². The molecule has 0 amide bonds. The molecular weight excluding hydrogens is 502 g/mol. The summed E-state index contributed by atoms with van der Waals surface area (Å²) in [6.07, 6.45) is 8.49. The van der Waals surface area contributed by atoms with Gasteiger partial charge in [0.15, 0.2) is 17.5 Å². The number of rotatable bonds is 4. The van der Waals surface area contributed by atoms with E-state index in [1.165, 1.54) is 21.9 Å². The second kappa shape index (κ2) is 9.68. The fourth-order valence-electron chi connectivity index (χ4n) is 5.71. The van der Waals surface area contributed by atoms with Gasteiger partial charge in [-0.2, -0.15) is 0 Å². The minimum atomic E-state index is 0.0418. The molecule has 194 valence electrons. The zero-order chi connectivity index (χ0) is 27.2. The summed E-state index contributed by atoms with van der Waals surface area (Å²) in [5.74, 6) is 3.04. The fraction of sp³-hybridized carbons (Fsp3) is 0.0541. The summed E-state index contributed by atoms with van der Waals surface area (Å²) in [6.45, 7) is 0. The monoisotopic (exact) mass is 527 g/mol. The Morgan fingerprint density at radius 1 is 0.463 bits per heavy atom. The Bertz CT molecular complexity index is 1980. The number of nitrogens with zero attached hydrogens (tertiary/aromatic N) is 3. The van der Waals surface area contributed by atoms with Crippen molar-refractivity contribution in [2.45, 2.75) is 12.0 Å². The van der Waals surface area contributed by atoms with Crippen LogP contribution in [0.1, 0.15) is 11.5 Å². The SMILES string of the molecule is C1=CC2Oc3cc(-c4nc(-c5ccccc5)nc(-c5ccc(-c6ccc7ccccc7c6)cc5)n4)ccc3C2C=C1. The summed E-state index contributed by atoms with van der Waals surface area (Å²) in [5.41, 5.74) is 6.32. The standard InChI is InChI=1S/C37H25N3O/c1-2-9-26(10-3-1)35-38-36(27-17-14-25(15-18-27)29-19-16-24-8-4-5-11-28(24)22-29)40-37(39-35)30-20-21-32-31-12-6-7-13-33(31)41-34(32)23-30/h1-23,31,33H. The van der Waals surface area contributed by atoms with E-state index < -0.39 is 0 Å². The quantitative estimate of drug-likeness (QED) is 0.230. The number of benzene rings is 5. The molecule has 0 N–H and O–H groups in total. The maximum Gasteiger partial charge on any atom is 0.164 e. The summed E-state index contributed by atoms with van der Waals surface area (Å²) in [4.78, 5) is 14.8. The van der Waals surface area contributed by atoms with Gasteiger partial charge in [-0.05, 0) is 40.1 Å². The Labute approximate surface area is 238 Å². The van der Waals surface area contributed by atoms with Crippen LogP contribution in [0.3, 0.4) is 0 Å². The molecule has 0 saturated heterocycles. The summed E-state index contributed by atoms with van der Waals surface area (Å²) < 4.78 is 6.28. The maximum atomic E-state index is 6.28. The molecular formula is C37H25N3O. The first-order valence-electron chi connectivity index (χ1n) is 13.9. The third kappa shape index (κ3) is 4.30.